The molecule has 1 unspecified atom stereocenters. The Morgan fingerprint density at radius 3 is 2.73 bits per heavy atom. The molecule has 0 aromatic carbocycles. The van der Waals surface area contributed by atoms with Crippen molar-refractivity contribution in [3.05, 3.63) is 40.4 Å². The number of likely N-dealkylation sites (N-methyl/N-ethyl adjacent to an activating group) is 1. The third-order valence-corrected chi connectivity index (χ3v) is 5.68. The summed E-state index contributed by atoms with van der Waals surface area (Å²) < 4.78 is 4.92. The fraction of sp³-hybridized carbons (Fsp3) is 0.556. The second kappa shape index (κ2) is 9.16. The van der Waals surface area contributed by atoms with E-state index in [1.807, 2.05) is 13.1 Å². The summed E-state index contributed by atoms with van der Waals surface area (Å²) in [7, 11) is 6.11. The molecule has 8 heteroatoms. The topological polar surface area (TPSA) is 60.1 Å². The van der Waals surface area contributed by atoms with E-state index in [4.69, 9.17) is 4.52 Å². The van der Waals surface area contributed by atoms with Crippen molar-refractivity contribution in [1.29, 1.82) is 0 Å². The molecule has 142 valence electrons. The Balaban J connectivity index is 1.50. The molecule has 26 heavy (non-hydrogen) atoms. The van der Waals surface area contributed by atoms with Crippen LogP contribution in [0.25, 0.3) is 0 Å². The Morgan fingerprint density at radius 2 is 2.15 bits per heavy atom. The maximum absolute atomic E-state index is 4.92. The van der Waals surface area contributed by atoms with Crippen LogP contribution in [-0.4, -0.2) is 79.7 Å². The Labute approximate surface area is 159 Å². The summed E-state index contributed by atoms with van der Waals surface area (Å²) in [5.41, 5.74) is 0.991. The first-order chi connectivity index (χ1) is 12.7. The van der Waals surface area contributed by atoms with Crippen molar-refractivity contribution in [1.82, 2.24) is 25.2 Å². The molecule has 2 aromatic heterocycles. The number of hydrogen-bond acceptors (Lipinski definition) is 6. The van der Waals surface area contributed by atoms with Gasteiger partial charge in [0.25, 0.3) is 0 Å². The normalized spacial score (nSPS) is 17.7. The minimum atomic E-state index is 0.347. The van der Waals surface area contributed by atoms with Crippen LogP contribution in [0.3, 0.4) is 0 Å². The van der Waals surface area contributed by atoms with Crippen LogP contribution in [0.4, 0.5) is 0 Å². The van der Waals surface area contributed by atoms with E-state index >= 15 is 0 Å². The van der Waals surface area contributed by atoms with E-state index < -0.39 is 0 Å². The van der Waals surface area contributed by atoms with Crippen molar-refractivity contribution in [2.24, 2.45) is 4.99 Å². The van der Waals surface area contributed by atoms with Crippen molar-refractivity contribution < 1.29 is 4.52 Å². The van der Waals surface area contributed by atoms with Crippen LogP contribution in [0.2, 0.25) is 0 Å². The molecule has 0 spiro atoms. The van der Waals surface area contributed by atoms with Gasteiger partial charge in [0, 0.05) is 57.3 Å². The van der Waals surface area contributed by atoms with Crippen LogP contribution in [0, 0.1) is 0 Å². The summed E-state index contributed by atoms with van der Waals surface area (Å²) in [5.74, 6) is 0.981. The first kappa shape index (κ1) is 18.9. The molecular formula is C18H28N6OS. The number of nitrogens with one attached hydrogen (secondary N) is 1. The summed E-state index contributed by atoms with van der Waals surface area (Å²) in [6, 6.07) is 6.58. The van der Waals surface area contributed by atoms with Crippen molar-refractivity contribution in [3.63, 3.8) is 0 Å². The highest BCUT2D eigenvalue weighted by molar-refractivity contribution is 7.10. The summed E-state index contributed by atoms with van der Waals surface area (Å²) in [6.07, 6.45) is 1.63. The van der Waals surface area contributed by atoms with Crippen LogP contribution >= 0.6 is 11.3 Å². The van der Waals surface area contributed by atoms with Crippen molar-refractivity contribution in [2.45, 2.75) is 12.6 Å². The van der Waals surface area contributed by atoms with Gasteiger partial charge in [0.2, 0.25) is 0 Å². The van der Waals surface area contributed by atoms with Gasteiger partial charge < -0.3 is 19.6 Å². The fourth-order valence-electron chi connectivity index (χ4n) is 3.20. The zero-order valence-corrected chi connectivity index (χ0v) is 16.6. The van der Waals surface area contributed by atoms with Crippen molar-refractivity contribution in [3.8, 4) is 0 Å². The summed E-state index contributed by atoms with van der Waals surface area (Å²) in [5, 5.41) is 9.70. The molecule has 7 nitrogen and oxygen atoms in total. The fourth-order valence-corrected chi connectivity index (χ4v) is 4.13. The maximum Gasteiger partial charge on any atom is 0.193 e. The van der Waals surface area contributed by atoms with Crippen LogP contribution < -0.4 is 5.32 Å². The van der Waals surface area contributed by atoms with Crippen molar-refractivity contribution in [2.75, 3.05) is 53.9 Å². The van der Waals surface area contributed by atoms with Gasteiger partial charge >= 0.3 is 0 Å². The van der Waals surface area contributed by atoms with Gasteiger partial charge in [0.05, 0.1) is 11.7 Å². The van der Waals surface area contributed by atoms with Gasteiger partial charge in [0.1, 0.15) is 6.26 Å². The third-order valence-electron chi connectivity index (χ3n) is 4.71. The summed E-state index contributed by atoms with van der Waals surface area (Å²) >= 11 is 1.80. The van der Waals surface area contributed by atoms with E-state index in [2.05, 4.69) is 61.8 Å². The predicted octanol–water partition coefficient (Wildman–Crippen LogP) is 1.73. The maximum atomic E-state index is 4.92. The molecule has 1 aliphatic rings. The van der Waals surface area contributed by atoms with Gasteiger partial charge in [-0.05, 0) is 25.5 Å². The molecule has 1 N–H and O–H groups in total. The Morgan fingerprint density at radius 1 is 1.35 bits per heavy atom. The van der Waals surface area contributed by atoms with E-state index in [1.54, 1.807) is 17.6 Å². The molecule has 3 heterocycles. The highest BCUT2D eigenvalue weighted by Crippen LogP contribution is 2.22. The Bertz CT molecular complexity index is 662. The predicted molar refractivity (Wildman–Crippen MR) is 105 cm³/mol. The molecule has 0 bridgehead atoms. The van der Waals surface area contributed by atoms with Gasteiger partial charge in [-0.25, -0.2) is 0 Å². The van der Waals surface area contributed by atoms with E-state index in [0.717, 1.165) is 50.9 Å². The molecule has 1 atom stereocenters. The molecule has 3 rings (SSSR count). The molecule has 2 aromatic rings. The lowest BCUT2D eigenvalue weighted by atomic mass is 10.2. The van der Waals surface area contributed by atoms with Crippen LogP contribution in [0.15, 0.2) is 39.4 Å². The average molecular weight is 377 g/mol. The Hall–Kier alpha value is -1.90. The first-order valence-corrected chi connectivity index (χ1v) is 9.82. The summed E-state index contributed by atoms with van der Waals surface area (Å²) in [4.78, 5) is 12.9. The molecule has 1 aliphatic heterocycles. The molecule has 1 saturated heterocycles. The lowest BCUT2D eigenvalue weighted by molar-refractivity contribution is 0.168. The number of rotatable bonds is 6. The highest BCUT2D eigenvalue weighted by atomic mass is 32.1. The third kappa shape index (κ3) is 4.84. The van der Waals surface area contributed by atoms with Gasteiger partial charge in [-0.2, -0.15) is 0 Å². The number of aromatic nitrogens is 1. The van der Waals surface area contributed by atoms with E-state index in [9.17, 15) is 0 Å². The zero-order chi connectivity index (χ0) is 18.4. The minimum absolute atomic E-state index is 0.347. The monoisotopic (exact) mass is 376 g/mol. The lowest BCUT2D eigenvalue weighted by Gasteiger charge is -2.36. The van der Waals surface area contributed by atoms with Crippen LogP contribution in [-0.2, 0) is 6.54 Å². The summed E-state index contributed by atoms with van der Waals surface area (Å²) in [6.45, 7) is 5.61. The average Bonchev–Trinajstić information content (AvgIpc) is 3.33. The number of aliphatic imine (C=N–C) groups is 1. The highest BCUT2D eigenvalue weighted by Gasteiger charge is 2.22. The number of hydrogen-bond donors (Lipinski definition) is 1. The number of guanidine groups is 1. The Kier molecular flexibility index (Phi) is 6.65. The van der Waals surface area contributed by atoms with E-state index in [1.165, 1.54) is 4.88 Å². The van der Waals surface area contributed by atoms with E-state index in [-0.39, 0.29) is 0 Å². The van der Waals surface area contributed by atoms with Crippen LogP contribution in [0.1, 0.15) is 16.6 Å². The quantitative estimate of drug-likeness (QED) is 0.612. The lowest BCUT2D eigenvalue weighted by Crippen LogP contribution is -2.53. The van der Waals surface area contributed by atoms with Gasteiger partial charge in [-0.1, -0.05) is 11.2 Å². The largest absolute Gasteiger partial charge is 0.364 e. The molecule has 0 aliphatic carbocycles. The number of piperazine rings is 1. The smallest absolute Gasteiger partial charge is 0.193 e. The van der Waals surface area contributed by atoms with Gasteiger partial charge in [-0.3, -0.25) is 9.89 Å². The molecule has 0 radical (unpaired) electrons. The molecule has 1 fully saturated rings. The van der Waals surface area contributed by atoms with Crippen LogP contribution in [0.5, 0.6) is 0 Å². The molecule has 0 amide bonds. The second-order valence-electron chi connectivity index (χ2n) is 6.68. The minimum Gasteiger partial charge on any atom is -0.364 e. The van der Waals surface area contributed by atoms with E-state index in [0.29, 0.717) is 6.04 Å². The van der Waals surface area contributed by atoms with Crippen molar-refractivity contribution >= 4 is 17.3 Å². The number of nitrogens with zero attached hydrogens (tertiary/aromatic N) is 5. The second-order valence-corrected chi connectivity index (χ2v) is 7.66. The van der Waals surface area contributed by atoms with Gasteiger partial charge in [-0.15, -0.1) is 11.3 Å². The molecular weight excluding hydrogens is 348 g/mol. The SMILES string of the molecule is CN=C(NCC(c1cccs1)N(C)C)N1CCN(Cc2ccon2)CC1. The molecule has 0 saturated carbocycles. The first-order valence-electron chi connectivity index (χ1n) is 8.94. The number of thiophene rings is 1. The zero-order valence-electron chi connectivity index (χ0n) is 15.8. The standard InChI is InChI=1S/C18H28N6OS/c1-19-18(20-13-16(22(2)3)17-5-4-12-26-17)24-9-7-23(8-10-24)14-15-6-11-25-21-15/h4-6,11-12,16H,7-10,13-14H2,1-3H3,(H,19,20). The van der Waals surface area contributed by atoms with Gasteiger partial charge in [0.15, 0.2) is 5.96 Å².